The molecule has 15 heavy (non-hydrogen) atoms. The lowest BCUT2D eigenvalue weighted by Gasteiger charge is -2.27. The summed E-state index contributed by atoms with van der Waals surface area (Å²) in [5.41, 5.74) is 0. The van der Waals surface area contributed by atoms with Gasteiger partial charge in [0, 0.05) is 6.04 Å². The van der Waals surface area contributed by atoms with Gasteiger partial charge in [-0.1, -0.05) is 0 Å². The first-order chi connectivity index (χ1) is 7.00. The van der Waals surface area contributed by atoms with E-state index >= 15 is 0 Å². The van der Waals surface area contributed by atoms with Crippen LogP contribution in [0.4, 0.5) is 0 Å². The summed E-state index contributed by atoms with van der Waals surface area (Å²) in [5.74, 6) is 0. The van der Waals surface area contributed by atoms with E-state index in [1.54, 1.807) is 11.8 Å². The summed E-state index contributed by atoms with van der Waals surface area (Å²) < 4.78 is 0. The Morgan fingerprint density at radius 3 is 2.00 bits per heavy atom. The molecule has 7 atom stereocenters. The molecule has 0 spiro atoms. The highest BCUT2D eigenvalue weighted by Crippen LogP contribution is 2.37. The Hall–Kier alpha value is -0.240. The molecule has 2 aliphatic heterocycles. The summed E-state index contributed by atoms with van der Waals surface area (Å²) in [6, 6.07) is -1.69. The molecule has 2 rings (SSSR count). The fourth-order valence-electron chi connectivity index (χ4n) is 2.82. The van der Waals surface area contributed by atoms with Gasteiger partial charge in [0.2, 0.25) is 0 Å². The molecule has 2 aliphatic rings. The van der Waals surface area contributed by atoms with Crippen LogP contribution >= 0.6 is 0 Å². The topological polar surface area (TPSA) is 104 Å². The van der Waals surface area contributed by atoms with Crippen LogP contribution in [0.3, 0.4) is 0 Å². The van der Waals surface area contributed by atoms with E-state index in [1.165, 1.54) is 0 Å². The van der Waals surface area contributed by atoms with E-state index in [4.69, 9.17) is 5.11 Å². The minimum atomic E-state index is -1.13. The van der Waals surface area contributed by atoms with Crippen LogP contribution in [0, 0.1) is 0 Å². The third-order valence-corrected chi connectivity index (χ3v) is 3.67. The van der Waals surface area contributed by atoms with Gasteiger partial charge in [0.15, 0.2) is 0 Å². The lowest BCUT2D eigenvalue weighted by molar-refractivity contribution is -0.0321. The molecule has 0 aromatic carbocycles. The summed E-state index contributed by atoms with van der Waals surface area (Å²) in [4.78, 5) is 1.60. The van der Waals surface area contributed by atoms with Gasteiger partial charge in [0.1, 0.15) is 0 Å². The van der Waals surface area contributed by atoms with Gasteiger partial charge in [-0.05, 0) is 6.92 Å². The van der Waals surface area contributed by atoms with Gasteiger partial charge in [0.25, 0.3) is 0 Å². The first kappa shape index (κ1) is 11.3. The molecule has 0 saturated carbocycles. The zero-order chi connectivity index (χ0) is 11.3. The standard InChI is InChI=1S/C9H17NO5/c1-3-6(12)8(14)5-9(15)7(13)4(2-11)10(3)5/h3-9,11-15H,2H2,1H3/t3-,4-,5-,6-,7-,8-,9+/m0/s1. The molecule has 0 aromatic rings. The first-order valence-electron chi connectivity index (χ1n) is 5.11. The van der Waals surface area contributed by atoms with Crippen molar-refractivity contribution in [1.82, 2.24) is 4.90 Å². The molecule has 6 heteroatoms. The quantitative estimate of drug-likeness (QED) is 0.319. The highest BCUT2D eigenvalue weighted by molar-refractivity contribution is 5.12. The van der Waals surface area contributed by atoms with Crippen LogP contribution in [0.1, 0.15) is 6.92 Å². The van der Waals surface area contributed by atoms with E-state index in [2.05, 4.69) is 0 Å². The van der Waals surface area contributed by atoms with E-state index in [-0.39, 0.29) is 12.6 Å². The second kappa shape index (κ2) is 3.65. The molecule has 6 nitrogen and oxygen atoms in total. The van der Waals surface area contributed by atoms with Crippen molar-refractivity contribution in [3.05, 3.63) is 0 Å². The van der Waals surface area contributed by atoms with Crippen LogP contribution < -0.4 is 0 Å². The average molecular weight is 219 g/mol. The predicted molar refractivity (Wildman–Crippen MR) is 50.0 cm³/mol. The van der Waals surface area contributed by atoms with Gasteiger partial charge in [0.05, 0.1) is 43.1 Å². The highest BCUT2D eigenvalue weighted by Gasteiger charge is 2.59. The Morgan fingerprint density at radius 1 is 0.933 bits per heavy atom. The van der Waals surface area contributed by atoms with Gasteiger partial charge < -0.3 is 25.5 Å². The number of rotatable bonds is 1. The van der Waals surface area contributed by atoms with Crippen LogP contribution in [0.15, 0.2) is 0 Å². The minimum absolute atomic E-state index is 0.307. The fourth-order valence-corrected chi connectivity index (χ4v) is 2.82. The molecule has 5 N–H and O–H groups in total. The van der Waals surface area contributed by atoms with E-state index in [0.717, 1.165) is 0 Å². The van der Waals surface area contributed by atoms with Gasteiger partial charge in [-0.25, -0.2) is 0 Å². The van der Waals surface area contributed by atoms with Crippen LogP contribution in [-0.4, -0.2) is 79.6 Å². The molecule has 0 bridgehead atoms. The number of nitrogens with zero attached hydrogens (tertiary/aromatic N) is 1. The van der Waals surface area contributed by atoms with Crippen LogP contribution in [0.25, 0.3) is 0 Å². The molecule has 0 unspecified atom stereocenters. The summed E-state index contributed by atoms with van der Waals surface area (Å²) in [6.45, 7) is 1.39. The number of aliphatic hydroxyl groups excluding tert-OH is 5. The summed E-state index contributed by atoms with van der Waals surface area (Å²) in [6.07, 6.45) is -4.24. The van der Waals surface area contributed by atoms with E-state index in [1.807, 2.05) is 0 Å². The molecular formula is C9H17NO5. The van der Waals surface area contributed by atoms with Crippen molar-refractivity contribution in [3.63, 3.8) is 0 Å². The molecule has 0 aromatic heterocycles. The van der Waals surface area contributed by atoms with Crippen molar-refractivity contribution >= 4 is 0 Å². The van der Waals surface area contributed by atoms with E-state index in [9.17, 15) is 20.4 Å². The van der Waals surface area contributed by atoms with Gasteiger partial charge >= 0.3 is 0 Å². The summed E-state index contributed by atoms with van der Waals surface area (Å²) in [7, 11) is 0. The average Bonchev–Trinajstić information content (AvgIpc) is 2.59. The second-order valence-corrected chi connectivity index (χ2v) is 4.39. The first-order valence-corrected chi connectivity index (χ1v) is 5.11. The van der Waals surface area contributed by atoms with Crippen molar-refractivity contribution in [2.75, 3.05) is 6.61 Å². The Balaban J connectivity index is 2.29. The Bertz CT molecular complexity index is 251. The van der Waals surface area contributed by atoms with Crippen molar-refractivity contribution in [1.29, 1.82) is 0 Å². The minimum Gasteiger partial charge on any atom is -0.395 e. The maximum absolute atomic E-state index is 9.70. The molecule has 0 aliphatic carbocycles. The van der Waals surface area contributed by atoms with Crippen molar-refractivity contribution in [2.24, 2.45) is 0 Å². The smallest absolute Gasteiger partial charge is 0.0996 e. The molecule has 2 fully saturated rings. The van der Waals surface area contributed by atoms with Crippen LogP contribution in [0.2, 0.25) is 0 Å². The maximum atomic E-state index is 9.70. The molecule has 88 valence electrons. The Morgan fingerprint density at radius 2 is 1.47 bits per heavy atom. The zero-order valence-corrected chi connectivity index (χ0v) is 8.43. The lowest BCUT2D eigenvalue weighted by Crippen LogP contribution is -2.45. The van der Waals surface area contributed by atoms with Crippen LogP contribution in [-0.2, 0) is 0 Å². The molecule has 0 amide bonds. The Labute approximate surface area is 87.4 Å². The van der Waals surface area contributed by atoms with E-state index < -0.39 is 36.5 Å². The van der Waals surface area contributed by atoms with Gasteiger partial charge in [-0.2, -0.15) is 0 Å². The molecule has 2 heterocycles. The number of hydrogen-bond acceptors (Lipinski definition) is 6. The SMILES string of the molecule is C[C@H]1[C@H](O)[C@@H](O)[C@H]2[C@@H](O)[C@@H](O)[C@H](CO)N21. The fraction of sp³-hybridized carbons (Fsp3) is 1.00. The van der Waals surface area contributed by atoms with Gasteiger partial charge in [-0.3, -0.25) is 4.90 Å². The van der Waals surface area contributed by atoms with Crippen molar-refractivity contribution in [2.45, 2.75) is 49.5 Å². The third kappa shape index (κ3) is 1.33. The molecule has 0 radical (unpaired) electrons. The summed E-state index contributed by atoms with van der Waals surface area (Å²) >= 11 is 0. The monoisotopic (exact) mass is 219 g/mol. The largest absolute Gasteiger partial charge is 0.395 e. The summed E-state index contributed by atoms with van der Waals surface area (Å²) in [5, 5.41) is 47.8. The third-order valence-electron chi connectivity index (χ3n) is 3.67. The zero-order valence-electron chi connectivity index (χ0n) is 8.43. The number of aliphatic hydroxyl groups is 5. The number of fused-ring (bicyclic) bond motifs is 1. The normalized spacial score (nSPS) is 56.0. The number of hydrogen-bond donors (Lipinski definition) is 5. The maximum Gasteiger partial charge on any atom is 0.0996 e. The lowest BCUT2D eigenvalue weighted by atomic mass is 10.00. The van der Waals surface area contributed by atoms with Crippen molar-refractivity contribution < 1.29 is 25.5 Å². The van der Waals surface area contributed by atoms with Gasteiger partial charge in [-0.15, -0.1) is 0 Å². The Kier molecular flexibility index (Phi) is 2.74. The predicted octanol–water partition coefficient (Wildman–Crippen LogP) is -3.12. The van der Waals surface area contributed by atoms with E-state index in [0.29, 0.717) is 0 Å². The molecular weight excluding hydrogens is 202 g/mol. The highest BCUT2D eigenvalue weighted by atomic mass is 16.4. The van der Waals surface area contributed by atoms with Crippen LogP contribution in [0.5, 0.6) is 0 Å². The molecule has 2 saturated heterocycles. The van der Waals surface area contributed by atoms with Crippen molar-refractivity contribution in [3.8, 4) is 0 Å². The second-order valence-electron chi connectivity index (χ2n) is 4.39.